The molecule has 3 unspecified atom stereocenters. The standard InChI is InChI=1S/C36H50N4O7/c1-10-20-40(32(43)27(18-19-29(37)41)39-34(45)47-36(7,8)9)30(26-17-16-23(2)21-24(26)3)31(42)38-28(33(44)46-35(4,5)6)22-25-14-12-11-13-15-25/h10-17,21,27-28,30H,1,18-20,22H2,2-9H3,(H2,37,41)(H,38,42)(H,39,45). The van der Waals surface area contributed by atoms with Crippen molar-refractivity contribution >= 4 is 29.8 Å². The molecule has 0 saturated carbocycles. The molecule has 4 amide bonds. The predicted octanol–water partition coefficient (Wildman–Crippen LogP) is 4.59. The first-order valence-corrected chi connectivity index (χ1v) is 15.6. The summed E-state index contributed by atoms with van der Waals surface area (Å²) in [5.74, 6) is -2.63. The van der Waals surface area contributed by atoms with Gasteiger partial charge in [0.1, 0.15) is 29.3 Å². The molecule has 0 bridgehead atoms. The van der Waals surface area contributed by atoms with Crippen LogP contribution < -0.4 is 16.4 Å². The number of rotatable bonds is 14. The SMILES string of the molecule is C=CCN(C(=O)C(CCC(N)=O)NC(=O)OC(C)(C)C)C(C(=O)NC(Cc1ccccc1)C(=O)OC(C)(C)C)c1ccc(C)cc1C. The number of esters is 1. The zero-order valence-corrected chi connectivity index (χ0v) is 28.8. The largest absolute Gasteiger partial charge is 0.458 e. The van der Waals surface area contributed by atoms with Crippen LogP contribution in [0.5, 0.6) is 0 Å². The summed E-state index contributed by atoms with van der Waals surface area (Å²) >= 11 is 0. The Hall–Kier alpha value is -4.67. The molecule has 4 N–H and O–H groups in total. The Labute approximate surface area is 278 Å². The van der Waals surface area contributed by atoms with Crippen LogP contribution in [-0.4, -0.2) is 64.5 Å². The lowest BCUT2D eigenvalue weighted by Crippen LogP contribution is -2.55. The van der Waals surface area contributed by atoms with Gasteiger partial charge >= 0.3 is 12.1 Å². The van der Waals surface area contributed by atoms with Crippen molar-refractivity contribution in [1.29, 1.82) is 0 Å². The maximum Gasteiger partial charge on any atom is 0.408 e. The molecule has 2 aromatic rings. The van der Waals surface area contributed by atoms with Crippen LogP contribution in [0.4, 0.5) is 4.79 Å². The van der Waals surface area contributed by atoms with Crippen LogP contribution in [0.3, 0.4) is 0 Å². The van der Waals surface area contributed by atoms with Crippen LogP contribution in [0, 0.1) is 13.8 Å². The minimum absolute atomic E-state index is 0.108. The van der Waals surface area contributed by atoms with Gasteiger partial charge in [0, 0.05) is 19.4 Å². The molecule has 2 aromatic carbocycles. The second kappa shape index (κ2) is 16.8. The molecule has 47 heavy (non-hydrogen) atoms. The molecule has 0 radical (unpaired) electrons. The van der Waals surface area contributed by atoms with E-state index in [1.165, 1.54) is 11.0 Å². The monoisotopic (exact) mass is 650 g/mol. The summed E-state index contributed by atoms with van der Waals surface area (Å²) in [5, 5.41) is 5.41. The number of nitrogens with two attached hydrogens (primary N) is 1. The lowest BCUT2D eigenvalue weighted by atomic mass is 9.95. The number of hydrogen-bond acceptors (Lipinski definition) is 7. The van der Waals surface area contributed by atoms with Crippen molar-refractivity contribution in [3.05, 3.63) is 83.4 Å². The molecule has 0 aliphatic carbocycles. The smallest absolute Gasteiger partial charge is 0.408 e. The Morgan fingerprint density at radius 2 is 1.51 bits per heavy atom. The van der Waals surface area contributed by atoms with Gasteiger partial charge in [0.05, 0.1) is 0 Å². The number of hydrogen-bond donors (Lipinski definition) is 3. The summed E-state index contributed by atoms with van der Waals surface area (Å²) in [6.07, 6.45) is 0.357. The Bertz CT molecular complexity index is 1430. The first-order valence-electron chi connectivity index (χ1n) is 15.6. The summed E-state index contributed by atoms with van der Waals surface area (Å²) in [7, 11) is 0. The van der Waals surface area contributed by atoms with Gasteiger partial charge < -0.3 is 30.7 Å². The van der Waals surface area contributed by atoms with Crippen molar-refractivity contribution in [1.82, 2.24) is 15.5 Å². The number of ether oxygens (including phenoxy) is 2. The third kappa shape index (κ3) is 12.9. The average Bonchev–Trinajstić information content (AvgIpc) is 2.94. The molecule has 0 heterocycles. The van der Waals surface area contributed by atoms with E-state index in [2.05, 4.69) is 17.2 Å². The molecule has 0 aromatic heterocycles. The van der Waals surface area contributed by atoms with Gasteiger partial charge in [-0.3, -0.25) is 14.4 Å². The molecule has 0 aliphatic heterocycles. The van der Waals surface area contributed by atoms with Crippen molar-refractivity contribution in [3.8, 4) is 0 Å². The van der Waals surface area contributed by atoms with E-state index in [1.54, 1.807) is 47.6 Å². The van der Waals surface area contributed by atoms with Crippen LogP contribution >= 0.6 is 0 Å². The van der Waals surface area contributed by atoms with Gasteiger partial charge in [0.15, 0.2) is 0 Å². The lowest BCUT2D eigenvalue weighted by Gasteiger charge is -2.35. The Morgan fingerprint density at radius 1 is 0.894 bits per heavy atom. The zero-order valence-electron chi connectivity index (χ0n) is 28.8. The van der Waals surface area contributed by atoms with Gasteiger partial charge in [-0.2, -0.15) is 0 Å². The quantitative estimate of drug-likeness (QED) is 0.199. The van der Waals surface area contributed by atoms with Gasteiger partial charge in [-0.25, -0.2) is 9.59 Å². The van der Waals surface area contributed by atoms with E-state index in [0.717, 1.165) is 16.7 Å². The summed E-state index contributed by atoms with van der Waals surface area (Å²) in [6.45, 7) is 17.6. The average molecular weight is 651 g/mol. The Kier molecular flexibility index (Phi) is 13.7. The molecule has 11 nitrogen and oxygen atoms in total. The van der Waals surface area contributed by atoms with Crippen molar-refractivity contribution in [2.24, 2.45) is 5.73 Å². The second-order valence-corrected chi connectivity index (χ2v) is 13.5. The van der Waals surface area contributed by atoms with Crippen LogP contribution in [0.2, 0.25) is 0 Å². The number of nitrogens with zero attached hydrogens (tertiary/aromatic N) is 1. The minimum atomic E-state index is -1.27. The van der Waals surface area contributed by atoms with Crippen molar-refractivity contribution < 1.29 is 33.4 Å². The van der Waals surface area contributed by atoms with E-state index < -0.39 is 59.1 Å². The van der Waals surface area contributed by atoms with E-state index in [0.29, 0.717) is 5.56 Å². The summed E-state index contributed by atoms with van der Waals surface area (Å²) in [6, 6.07) is 11.0. The van der Waals surface area contributed by atoms with Gasteiger partial charge in [-0.15, -0.1) is 6.58 Å². The molecular formula is C36H50N4O7. The minimum Gasteiger partial charge on any atom is -0.458 e. The highest BCUT2D eigenvalue weighted by Crippen LogP contribution is 2.28. The molecule has 0 saturated heterocycles. The van der Waals surface area contributed by atoms with Gasteiger partial charge in [0.2, 0.25) is 17.7 Å². The molecule has 256 valence electrons. The third-order valence-electron chi connectivity index (χ3n) is 6.85. The topological polar surface area (TPSA) is 157 Å². The highest BCUT2D eigenvalue weighted by molar-refractivity contribution is 5.94. The van der Waals surface area contributed by atoms with E-state index in [4.69, 9.17) is 15.2 Å². The molecule has 0 aliphatic rings. The highest BCUT2D eigenvalue weighted by Gasteiger charge is 2.38. The summed E-state index contributed by atoms with van der Waals surface area (Å²) in [4.78, 5) is 68.0. The van der Waals surface area contributed by atoms with Crippen LogP contribution in [0.25, 0.3) is 0 Å². The van der Waals surface area contributed by atoms with E-state index in [-0.39, 0.29) is 25.8 Å². The molecule has 2 rings (SSSR count). The number of benzene rings is 2. The molecule has 0 spiro atoms. The molecule has 11 heteroatoms. The van der Waals surface area contributed by atoms with Crippen molar-refractivity contribution in [2.45, 2.75) is 104 Å². The van der Waals surface area contributed by atoms with Crippen molar-refractivity contribution in [3.63, 3.8) is 0 Å². The van der Waals surface area contributed by atoms with E-state index >= 15 is 0 Å². The molecule has 0 fully saturated rings. The Balaban J connectivity index is 2.64. The fourth-order valence-corrected chi connectivity index (χ4v) is 4.91. The normalized spacial score (nSPS) is 13.4. The van der Waals surface area contributed by atoms with Gasteiger partial charge in [0.25, 0.3) is 0 Å². The van der Waals surface area contributed by atoms with E-state index in [1.807, 2.05) is 56.3 Å². The molecular weight excluding hydrogens is 600 g/mol. The number of alkyl carbamates (subject to hydrolysis) is 1. The zero-order chi connectivity index (χ0) is 35.5. The number of aryl methyl sites for hydroxylation is 2. The lowest BCUT2D eigenvalue weighted by molar-refractivity contribution is -0.159. The number of carbonyl (C=O) groups excluding carboxylic acids is 5. The van der Waals surface area contributed by atoms with Crippen LogP contribution in [0.1, 0.15) is 82.7 Å². The number of amides is 4. The van der Waals surface area contributed by atoms with Crippen LogP contribution in [-0.2, 0) is 35.1 Å². The predicted molar refractivity (Wildman–Crippen MR) is 180 cm³/mol. The maximum absolute atomic E-state index is 14.4. The first-order chi connectivity index (χ1) is 21.8. The molecule has 3 atom stereocenters. The number of carbonyl (C=O) groups is 5. The fourth-order valence-electron chi connectivity index (χ4n) is 4.91. The summed E-state index contributed by atoms with van der Waals surface area (Å²) in [5.41, 5.74) is 6.66. The first kappa shape index (κ1) is 38.5. The number of primary amides is 1. The second-order valence-electron chi connectivity index (χ2n) is 13.5. The highest BCUT2D eigenvalue weighted by atomic mass is 16.6. The third-order valence-corrected chi connectivity index (χ3v) is 6.85. The Morgan fingerprint density at radius 3 is 2.04 bits per heavy atom. The van der Waals surface area contributed by atoms with Crippen molar-refractivity contribution in [2.75, 3.05) is 6.54 Å². The fraction of sp³-hybridized carbons (Fsp3) is 0.472. The summed E-state index contributed by atoms with van der Waals surface area (Å²) < 4.78 is 11.1. The van der Waals surface area contributed by atoms with Gasteiger partial charge in [-0.05, 0) is 78.5 Å². The van der Waals surface area contributed by atoms with E-state index in [9.17, 15) is 24.0 Å². The number of nitrogens with one attached hydrogen (secondary N) is 2. The van der Waals surface area contributed by atoms with Gasteiger partial charge in [-0.1, -0.05) is 60.2 Å². The van der Waals surface area contributed by atoms with Crippen LogP contribution in [0.15, 0.2) is 61.2 Å². The maximum atomic E-state index is 14.4.